The standard InChI is InChI=1S/C28H39N5O2S/c1-20-30-17-24(36-20)16-26(34)31-23-7-4-21(5-8-23)10-13-33-14-11-22-6-9-27(32-25(22)12-15-33)35-19-28(2,3)18-29/h6,9,17,21,23H,4-5,7-8,10-16,19H2,1-3H3,(H,31,34)/t21-,23-. The van der Waals surface area contributed by atoms with Gasteiger partial charge in [-0.2, -0.15) is 5.26 Å². The van der Waals surface area contributed by atoms with E-state index in [2.05, 4.69) is 27.3 Å². The van der Waals surface area contributed by atoms with E-state index in [1.165, 1.54) is 24.8 Å². The van der Waals surface area contributed by atoms with E-state index >= 15 is 0 Å². The smallest absolute Gasteiger partial charge is 0.225 e. The third-order valence-corrected chi connectivity index (χ3v) is 8.27. The van der Waals surface area contributed by atoms with Gasteiger partial charge in [0.05, 0.1) is 22.9 Å². The molecule has 2 aliphatic rings. The molecule has 1 aliphatic carbocycles. The van der Waals surface area contributed by atoms with Gasteiger partial charge < -0.3 is 15.0 Å². The summed E-state index contributed by atoms with van der Waals surface area (Å²) in [7, 11) is 0. The molecule has 0 saturated heterocycles. The molecule has 7 nitrogen and oxygen atoms in total. The molecular weight excluding hydrogens is 470 g/mol. The van der Waals surface area contributed by atoms with Gasteiger partial charge in [0.1, 0.15) is 6.61 Å². The zero-order chi connectivity index (χ0) is 25.5. The molecule has 8 heteroatoms. The number of ether oxygens (including phenoxy) is 1. The molecule has 0 spiro atoms. The van der Waals surface area contributed by atoms with Crippen LogP contribution in [-0.2, 0) is 24.1 Å². The summed E-state index contributed by atoms with van der Waals surface area (Å²) in [6, 6.07) is 6.67. The molecule has 0 unspecified atom stereocenters. The van der Waals surface area contributed by atoms with Crippen LogP contribution in [0.1, 0.15) is 67.1 Å². The van der Waals surface area contributed by atoms with Crippen molar-refractivity contribution in [2.45, 2.75) is 78.2 Å². The number of thiazole rings is 1. The minimum absolute atomic E-state index is 0.127. The minimum Gasteiger partial charge on any atom is -0.476 e. The summed E-state index contributed by atoms with van der Waals surface area (Å²) in [5.41, 5.74) is 1.93. The monoisotopic (exact) mass is 509 g/mol. The molecule has 0 radical (unpaired) electrons. The highest BCUT2D eigenvalue weighted by Crippen LogP contribution is 2.28. The molecule has 3 heterocycles. The summed E-state index contributed by atoms with van der Waals surface area (Å²) in [6.07, 6.45) is 10.00. The number of rotatable bonds is 9. The highest BCUT2D eigenvalue weighted by molar-refractivity contribution is 7.11. The molecule has 36 heavy (non-hydrogen) atoms. The minimum atomic E-state index is -0.517. The van der Waals surface area contributed by atoms with Crippen molar-refractivity contribution in [3.8, 4) is 11.9 Å². The maximum absolute atomic E-state index is 12.4. The van der Waals surface area contributed by atoms with Gasteiger partial charge in [0, 0.05) is 48.4 Å². The van der Waals surface area contributed by atoms with Crippen LogP contribution in [-0.4, -0.2) is 53.1 Å². The predicted molar refractivity (Wildman–Crippen MR) is 142 cm³/mol. The topological polar surface area (TPSA) is 91.1 Å². The van der Waals surface area contributed by atoms with Crippen molar-refractivity contribution in [1.82, 2.24) is 20.2 Å². The lowest BCUT2D eigenvalue weighted by Gasteiger charge is -2.30. The van der Waals surface area contributed by atoms with Gasteiger partial charge in [0.15, 0.2) is 0 Å². The second kappa shape index (κ2) is 12.2. The Morgan fingerprint density at radius 3 is 2.75 bits per heavy atom. The Morgan fingerprint density at radius 2 is 2.03 bits per heavy atom. The fourth-order valence-electron chi connectivity index (χ4n) is 5.08. The number of pyridine rings is 1. The van der Waals surface area contributed by atoms with Crippen LogP contribution in [0.3, 0.4) is 0 Å². The normalized spacial score (nSPS) is 20.7. The number of aromatic nitrogens is 2. The van der Waals surface area contributed by atoms with Crippen LogP contribution >= 0.6 is 11.3 Å². The second-order valence-electron chi connectivity index (χ2n) is 11.0. The summed E-state index contributed by atoms with van der Waals surface area (Å²) in [4.78, 5) is 25.0. The zero-order valence-corrected chi connectivity index (χ0v) is 22.7. The number of nitrogens with one attached hydrogen (secondary N) is 1. The molecule has 1 fully saturated rings. The maximum atomic E-state index is 12.4. The van der Waals surface area contributed by atoms with Gasteiger partial charge in [0.25, 0.3) is 0 Å². The van der Waals surface area contributed by atoms with Gasteiger partial charge in [-0.05, 0) is 77.3 Å². The first kappa shape index (κ1) is 26.6. The fourth-order valence-corrected chi connectivity index (χ4v) is 5.88. The molecule has 1 amide bonds. The Balaban J connectivity index is 1.16. The molecule has 0 atom stereocenters. The molecule has 1 aliphatic heterocycles. The lowest BCUT2D eigenvalue weighted by Crippen LogP contribution is -2.38. The van der Waals surface area contributed by atoms with Gasteiger partial charge in [-0.25, -0.2) is 9.97 Å². The second-order valence-corrected chi connectivity index (χ2v) is 12.3. The number of aryl methyl sites for hydroxylation is 1. The highest BCUT2D eigenvalue weighted by atomic mass is 32.1. The number of nitrogens with zero attached hydrogens (tertiary/aromatic N) is 4. The molecule has 0 bridgehead atoms. The van der Waals surface area contributed by atoms with Gasteiger partial charge in [0.2, 0.25) is 11.8 Å². The first-order chi connectivity index (χ1) is 17.3. The van der Waals surface area contributed by atoms with E-state index in [0.717, 1.165) is 66.8 Å². The Bertz CT molecular complexity index is 1070. The molecular formula is C28H39N5O2S. The van der Waals surface area contributed by atoms with E-state index in [4.69, 9.17) is 9.72 Å². The predicted octanol–water partition coefficient (Wildman–Crippen LogP) is 4.48. The fraction of sp³-hybridized carbons (Fsp3) is 0.643. The van der Waals surface area contributed by atoms with E-state index in [0.29, 0.717) is 24.9 Å². The van der Waals surface area contributed by atoms with Crippen molar-refractivity contribution >= 4 is 17.2 Å². The van der Waals surface area contributed by atoms with Gasteiger partial charge >= 0.3 is 0 Å². The first-order valence-corrected chi connectivity index (χ1v) is 14.1. The van der Waals surface area contributed by atoms with Crippen molar-refractivity contribution < 1.29 is 9.53 Å². The number of carbonyl (C=O) groups excluding carboxylic acids is 1. The van der Waals surface area contributed by atoms with E-state index in [1.54, 1.807) is 11.3 Å². The van der Waals surface area contributed by atoms with E-state index < -0.39 is 5.41 Å². The number of carbonyl (C=O) groups is 1. The molecule has 2 aromatic rings. The lowest BCUT2D eigenvalue weighted by molar-refractivity contribution is -0.121. The largest absolute Gasteiger partial charge is 0.476 e. The van der Waals surface area contributed by atoms with E-state index in [1.807, 2.05) is 33.0 Å². The van der Waals surface area contributed by atoms with Crippen LogP contribution in [0.15, 0.2) is 18.3 Å². The van der Waals surface area contributed by atoms with Gasteiger partial charge in [-0.3, -0.25) is 4.79 Å². The molecule has 4 rings (SSSR count). The van der Waals surface area contributed by atoms with Crippen molar-refractivity contribution in [1.29, 1.82) is 5.26 Å². The number of fused-ring (bicyclic) bond motifs is 1. The molecule has 2 aromatic heterocycles. The third-order valence-electron chi connectivity index (χ3n) is 7.36. The number of hydrogen-bond donors (Lipinski definition) is 1. The Hall–Kier alpha value is -2.50. The molecule has 1 N–H and O–H groups in total. The quantitative estimate of drug-likeness (QED) is 0.536. The van der Waals surface area contributed by atoms with Crippen molar-refractivity contribution in [3.63, 3.8) is 0 Å². The Kier molecular flexibility index (Phi) is 8.97. The summed E-state index contributed by atoms with van der Waals surface area (Å²) < 4.78 is 5.81. The van der Waals surface area contributed by atoms with Crippen LogP contribution in [0, 0.1) is 29.6 Å². The van der Waals surface area contributed by atoms with E-state index in [-0.39, 0.29) is 5.91 Å². The van der Waals surface area contributed by atoms with Crippen LogP contribution < -0.4 is 10.1 Å². The molecule has 0 aromatic carbocycles. The van der Waals surface area contributed by atoms with Gasteiger partial charge in [-0.15, -0.1) is 11.3 Å². The summed E-state index contributed by atoms with van der Waals surface area (Å²) >= 11 is 1.60. The van der Waals surface area contributed by atoms with Gasteiger partial charge in [-0.1, -0.05) is 6.07 Å². The molecule has 1 saturated carbocycles. The zero-order valence-electron chi connectivity index (χ0n) is 21.9. The van der Waals surface area contributed by atoms with Crippen molar-refractivity contribution in [3.05, 3.63) is 39.5 Å². The summed E-state index contributed by atoms with van der Waals surface area (Å²) in [6.45, 7) is 9.29. The summed E-state index contributed by atoms with van der Waals surface area (Å²) in [5, 5.41) is 13.5. The Labute approximate surface area is 219 Å². The van der Waals surface area contributed by atoms with Crippen molar-refractivity contribution in [2.75, 3.05) is 26.2 Å². The maximum Gasteiger partial charge on any atom is 0.225 e. The average molecular weight is 510 g/mol. The molecule has 194 valence electrons. The van der Waals surface area contributed by atoms with E-state index in [9.17, 15) is 10.1 Å². The summed E-state index contributed by atoms with van der Waals surface area (Å²) in [5.74, 6) is 1.49. The number of hydrogen-bond acceptors (Lipinski definition) is 7. The first-order valence-electron chi connectivity index (χ1n) is 13.3. The van der Waals surface area contributed by atoms with Crippen LogP contribution in [0.2, 0.25) is 0 Å². The number of amides is 1. The van der Waals surface area contributed by atoms with Crippen LogP contribution in [0.25, 0.3) is 0 Å². The SMILES string of the molecule is Cc1ncc(CC(=O)N[C@H]2CC[C@H](CCN3CCc4ccc(OCC(C)(C)C#N)nc4CC3)CC2)s1. The average Bonchev–Trinajstić information content (AvgIpc) is 3.16. The highest BCUT2D eigenvalue weighted by Gasteiger charge is 2.24. The Morgan fingerprint density at radius 1 is 1.25 bits per heavy atom. The van der Waals surface area contributed by atoms with Crippen LogP contribution in [0.5, 0.6) is 5.88 Å². The third kappa shape index (κ3) is 7.75. The lowest BCUT2D eigenvalue weighted by atomic mass is 9.84. The van der Waals surface area contributed by atoms with Crippen molar-refractivity contribution in [2.24, 2.45) is 11.3 Å². The van der Waals surface area contributed by atoms with Crippen LogP contribution in [0.4, 0.5) is 0 Å². The number of nitriles is 1.